The summed E-state index contributed by atoms with van der Waals surface area (Å²) in [6.45, 7) is 4.13. The van der Waals surface area contributed by atoms with Crippen molar-refractivity contribution in [3.8, 4) is 0 Å². The molecule has 3 aromatic rings. The molecule has 2 aromatic carbocycles. The third-order valence-electron chi connectivity index (χ3n) is 4.90. The molecule has 0 aliphatic rings. The van der Waals surface area contributed by atoms with Gasteiger partial charge in [-0.05, 0) is 68.9 Å². The van der Waals surface area contributed by atoms with Crippen molar-refractivity contribution in [2.24, 2.45) is 0 Å². The van der Waals surface area contributed by atoms with Crippen LogP contribution in [0.1, 0.15) is 33.3 Å². The van der Waals surface area contributed by atoms with E-state index in [-0.39, 0.29) is 29.6 Å². The van der Waals surface area contributed by atoms with Crippen LogP contribution in [0.4, 0.5) is 4.39 Å². The van der Waals surface area contributed by atoms with E-state index in [1.54, 1.807) is 24.3 Å². The van der Waals surface area contributed by atoms with Crippen molar-refractivity contribution in [2.75, 3.05) is 20.6 Å². The number of likely N-dealkylation sites (N-methyl/N-ethyl adjacent to an activating group) is 1. The van der Waals surface area contributed by atoms with Crippen LogP contribution in [0.15, 0.2) is 51.7 Å². The molecule has 0 radical (unpaired) electrons. The molecule has 0 aliphatic carbocycles. The van der Waals surface area contributed by atoms with E-state index in [9.17, 15) is 14.0 Å². The largest absolute Gasteiger partial charge is 0.451 e. The van der Waals surface area contributed by atoms with Crippen molar-refractivity contribution in [3.05, 3.63) is 81.0 Å². The minimum absolute atomic E-state index is 0.0302. The Morgan fingerprint density at radius 1 is 1.11 bits per heavy atom. The van der Waals surface area contributed by atoms with Gasteiger partial charge in [0, 0.05) is 12.6 Å². The van der Waals surface area contributed by atoms with Crippen molar-refractivity contribution in [2.45, 2.75) is 19.9 Å². The molecular formula is C22H23FN2O3. The Hall–Kier alpha value is -2.99. The SMILES string of the molecule is Cc1cc2oc(C(=O)NCC(c3ccc(F)cc3)N(C)C)cc(=O)c2cc1C. The molecule has 0 saturated carbocycles. The van der Waals surface area contributed by atoms with E-state index in [2.05, 4.69) is 5.32 Å². The van der Waals surface area contributed by atoms with Gasteiger partial charge in [0.1, 0.15) is 11.4 Å². The zero-order valence-electron chi connectivity index (χ0n) is 16.4. The van der Waals surface area contributed by atoms with E-state index in [1.165, 1.54) is 18.2 Å². The van der Waals surface area contributed by atoms with Gasteiger partial charge in [-0.2, -0.15) is 0 Å². The van der Waals surface area contributed by atoms with Crippen molar-refractivity contribution < 1.29 is 13.6 Å². The maximum Gasteiger partial charge on any atom is 0.287 e. The molecule has 1 unspecified atom stereocenters. The second-order valence-electron chi connectivity index (χ2n) is 7.15. The fraction of sp³-hybridized carbons (Fsp3) is 0.273. The number of aryl methyl sites for hydroxylation is 2. The average Bonchev–Trinajstić information content (AvgIpc) is 2.64. The smallest absolute Gasteiger partial charge is 0.287 e. The van der Waals surface area contributed by atoms with Gasteiger partial charge >= 0.3 is 0 Å². The first kappa shape index (κ1) is 19.8. The number of nitrogens with zero attached hydrogens (tertiary/aromatic N) is 1. The molecule has 1 heterocycles. The van der Waals surface area contributed by atoms with Crippen LogP contribution in [0, 0.1) is 19.7 Å². The summed E-state index contributed by atoms with van der Waals surface area (Å²) >= 11 is 0. The molecule has 146 valence electrons. The van der Waals surface area contributed by atoms with Gasteiger partial charge in [0.15, 0.2) is 11.2 Å². The van der Waals surface area contributed by atoms with Crippen LogP contribution >= 0.6 is 0 Å². The third-order valence-corrected chi connectivity index (χ3v) is 4.90. The van der Waals surface area contributed by atoms with Crippen LogP contribution in [0.3, 0.4) is 0 Å². The van der Waals surface area contributed by atoms with Crippen molar-refractivity contribution >= 4 is 16.9 Å². The van der Waals surface area contributed by atoms with Gasteiger partial charge in [-0.15, -0.1) is 0 Å². The van der Waals surface area contributed by atoms with Crippen molar-refractivity contribution in [3.63, 3.8) is 0 Å². The first-order valence-electron chi connectivity index (χ1n) is 9.01. The molecule has 0 saturated heterocycles. The maximum absolute atomic E-state index is 13.2. The number of hydrogen-bond acceptors (Lipinski definition) is 4. The van der Waals surface area contributed by atoms with E-state index >= 15 is 0 Å². The van der Waals surface area contributed by atoms with Gasteiger partial charge in [-0.1, -0.05) is 12.1 Å². The van der Waals surface area contributed by atoms with Crippen LogP contribution in [0.2, 0.25) is 0 Å². The second kappa shape index (κ2) is 7.94. The summed E-state index contributed by atoms with van der Waals surface area (Å²) < 4.78 is 18.9. The lowest BCUT2D eigenvalue weighted by molar-refractivity contribution is 0.0914. The predicted octanol–water partition coefficient (Wildman–Crippen LogP) is 3.58. The second-order valence-corrected chi connectivity index (χ2v) is 7.15. The topological polar surface area (TPSA) is 62.6 Å². The van der Waals surface area contributed by atoms with Crippen LogP contribution in [-0.2, 0) is 0 Å². The number of benzene rings is 2. The van der Waals surface area contributed by atoms with Crippen LogP contribution in [0.25, 0.3) is 11.0 Å². The van der Waals surface area contributed by atoms with Gasteiger partial charge in [-0.25, -0.2) is 4.39 Å². The Morgan fingerprint density at radius 3 is 2.39 bits per heavy atom. The number of amides is 1. The summed E-state index contributed by atoms with van der Waals surface area (Å²) in [7, 11) is 3.75. The summed E-state index contributed by atoms with van der Waals surface area (Å²) in [4.78, 5) is 26.9. The van der Waals surface area contributed by atoms with Gasteiger partial charge in [-0.3, -0.25) is 9.59 Å². The number of nitrogens with one attached hydrogen (secondary N) is 1. The number of rotatable bonds is 5. The molecule has 0 bridgehead atoms. The number of carbonyl (C=O) groups excluding carboxylic acids is 1. The zero-order valence-corrected chi connectivity index (χ0v) is 16.4. The standard InChI is InChI=1S/C22H23FN2O3/c1-13-9-17-19(26)11-21(28-20(17)10-14(13)2)22(27)24-12-18(25(3)4)15-5-7-16(23)8-6-15/h5-11,18H,12H2,1-4H3,(H,24,27). The summed E-state index contributed by atoms with van der Waals surface area (Å²) in [5, 5.41) is 3.26. The third kappa shape index (κ3) is 4.12. The summed E-state index contributed by atoms with van der Waals surface area (Å²) in [5.74, 6) is -0.808. The van der Waals surface area contributed by atoms with E-state index in [0.717, 1.165) is 16.7 Å². The first-order valence-corrected chi connectivity index (χ1v) is 9.01. The lowest BCUT2D eigenvalue weighted by Crippen LogP contribution is -2.34. The fourth-order valence-corrected chi connectivity index (χ4v) is 3.08. The van der Waals surface area contributed by atoms with Gasteiger partial charge in [0.05, 0.1) is 11.4 Å². The van der Waals surface area contributed by atoms with E-state index < -0.39 is 5.91 Å². The van der Waals surface area contributed by atoms with Gasteiger partial charge in [0.2, 0.25) is 0 Å². The number of hydrogen-bond donors (Lipinski definition) is 1. The Morgan fingerprint density at radius 2 is 1.75 bits per heavy atom. The monoisotopic (exact) mass is 382 g/mol. The number of fused-ring (bicyclic) bond motifs is 1. The van der Waals surface area contributed by atoms with E-state index in [4.69, 9.17) is 4.42 Å². The molecule has 5 nitrogen and oxygen atoms in total. The van der Waals surface area contributed by atoms with Crippen LogP contribution in [-0.4, -0.2) is 31.4 Å². The van der Waals surface area contributed by atoms with Gasteiger partial charge in [0.25, 0.3) is 5.91 Å². The Bertz CT molecular complexity index is 1070. The minimum atomic E-state index is -0.466. The molecule has 1 amide bonds. The average molecular weight is 382 g/mol. The lowest BCUT2D eigenvalue weighted by atomic mass is 10.1. The Kier molecular flexibility index (Phi) is 5.61. The molecule has 0 fully saturated rings. The molecule has 0 spiro atoms. The Labute approximate surface area is 162 Å². The lowest BCUT2D eigenvalue weighted by Gasteiger charge is -2.25. The van der Waals surface area contributed by atoms with E-state index in [1.807, 2.05) is 32.8 Å². The molecule has 0 aliphatic heterocycles. The highest BCUT2D eigenvalue weighted by molar-refractivity contribution is 5.93. The normalized spacial score (nSPS) is 12.4. The fourth-order valence-electron chi connectivity index (χ4n) is 3.08. The molecule has 28 heavy (non-hydrogen) atoms. The minimum Gasteiger partial charge on any atom is -0.451 e. The predicted molar refractivity (Wildman–Crippen MR) is 107 cm³/mol. The molecule has 3 rings (SSSR count). The first-order chi connectivity index (χ1) is 13.3. The maximum atomic E-state index is 13.2. The van der Waals surface area contributed by atoms with E-state index in [0.29, 0.717) is 11.0 Å². The molecule has 6 heteroatoms. The molecule has 1 atom stereocenters. The van der Waals surface area contributed by atoms with Crippen molar-refractivity contribution in [1.82, 2.24) is 10.2 Å². The molecule has 1 aromatic heterocycles. The van der Waals surface area contributed by atoms with Gasteiger partial charge < -0.3 is 14.6 Å². The summed E-state index contributed by atoms with van der Waals surface area (Å²) in [5.41, 5.74) is 2.99. The number of halogens is 1. The number of carbonyl (C=O) groups is 1. The molecular weight excluding hydrogens is 359 g/mol. The zero-order chi connectivity index (χ0) is 20.4. The summed E-state index contributed by atoms with van der Waals surface area (Å²) in [6.07, 6.45) is 0. The highest BCUT2D eigenvalue weighted by Crippen LogP contribution is 2.20. The highest BCUT2D eigenvalue weighted by atomic mass is 19.1. The quantitative estimate of drug-likeness (QED) is 0.733. The van der Waals surface area contributed by atoms with Crippen LogP contribution < -0.4 is 10.7 Å². The van der Waals surface area contributed by atoms with Crippen LogP contribution in [0.5, 0.6) is 0 Å². The molecule has 1 N–H and O–H groups in total. The summed E-state index contributed by atoms with van der Waals surface area (Å²) in [6, 6.07) is 10.8. The Balaban J connectivity index is 1.83. The highest BCUT2D eigenvalue weighted by Gasteiger charge is 2.18. The van der Waals surface area contributed by atoms with Crippen molar-refractivity contribution in [1.29, 1.82) is 0 Å².